The molecule has 0 heterocycles. The minimum Gasteiger partial charge on any atom is -0.0876 e. The fraction of sp³-hybridized carbons (Fsp3) is 0.400. The number of halogens is 4. The Morgan fingerprint density at radius 3 is 0.929 bits per heavy atom. The second-order valence-electron chi connectivity index (χ2n) is 2.92. The standard InChI is InChI=1S/C10H10Br4/c11-3-7-1-8(4-12)10(6-14)2-9(7)5-13/h1-2H,3-6H2. The van der Waals surface area contributed by atoms with Crippen LogP contribution in [0.3, 0.4) is 0 Å². The molecule has 78 valence electrons. The molecule has 0 aliphatic carbocycles. The van der Waals surface area contributed by atoms with Crippen LogP contribution >= 0.6 is 63.7 Å². The molecule has 0 nitrogen and oxygen atoms in total. The summed E-state index contributed by atoms with van der Waals surface area (Å²) < 4.78 is 0. The van der Waals surface area contributed by atoms with E-state index in [-0.39, 0.29) is 0 Å². The lowest BCUT2D eigenvalue weighted by atomic mass is 10.0. The first kappa shape index (κ1) is 13.2. The van der Waals surface area contributed by atoms with Crippen LogP contribution < -0.4 is 0 Å². The van der Waals surface area contributed by atoms with Crippen LogP contribution in [0.2, 0.25) is 0 Å². The zero-order valence-electron chi connectivity index (χ0n) is 7.49. The molecule has 1 aromatic carbocycles. The van der Waals surface area contributed by atoms with E-state index in [9.17, 15) is 0 Å². The van der Waals surface area contributed by atoms with Gasteiger partial charge in [0.15, 0.2) is 0 Å². The van der Waals surface area contributed by atoms with Crippen LogP contribution in [-0.2, 0) is 21.3 Å². The maximum atomic E-state index is 3.51. The molecule has 0 bridgehead atoms. The highest BCUT2D eigenvalue weighted by atomic mass is 79.9. The fourth-order valence-electron chi connectivity index (χ4n) is 1.29. The van der Waals surface area contributed by atoms with Gasteiger partial charge in [-0.25, -0.2) is 0 Å². The normalized spacial score (nSPS) is 10.6. The summed E-state index contributed by atoms with van der Waals surface area (Å²) in [5, 5.41) is 3.65. The van der Waals surface area contributed by atoms with E-state index in [0.29, 0.717) is 0 Å². The molecule has 0 unspecified atom stereocenters. The molecular weight excluding hydrogens is 440 g/mol. The van der Waals surface area contributed by atoms with E-state index in [1.165, 1.54) is 22.3 Å². The molecule has 0 aliphatic rings. The summed E-state index contributed by atoms with van der Waals surface area (Å²) in [6, 6.07) is 4.52. The van der Waals surface area contributed by atoms with Gasteiger partial charge >= 0.3 is 0 Å². The van der Waals surface area contributed by atoms with Gasteiger partial charge in [0.05, 0.1) is 0 Å². The molecule has 0 amide bonds. The van der Waals surface area contributed by atoms with Crippen molar-refractivity contribution in [2.24, 2.45) is 0 Å². The summed E-state index contributed by atoms with van der Waals surface area (Å²) in [6.07, 6.45) is 0. The van der Waals surface area contributed by atoms with Gasteiger partial charge in [0.2, 0.25) is 0 Å². The molecular formula is C10H10Br4. The summed E-state index contributed by atoms with van der Waals surface area (Å²) in [7, 11) is 0. The second-order valence-corrected chi connectivity index (χ2v) is 5.17. The van der Waals surface area contributed by atoms with Crippen molar-refractivity contribution in [1.29, 1.82) is 0 Å². The van der Waals surface area contributed by atoms with Crippen LogP contribution in [-0.4, -0.2) is 0 Å². The highest BCUT2D eigenvalue weighted by molar-refractivity contribution is 9.09. The van der Waals surface area contributed by atoms with E-state index in [4.69, 9.17) is 0 Å². The van der Waals surface area contributed by atoms with Crippen molar-refractivity contribution in [2.45, 2.75) is 21.3 Å². The van der Waals surface area contributed by atoms with E-state index >= 15 is 0 Å². The average Bonchev–Trinajstić information content (AvgIpc) is 2.26. The van der Waals surface area contributed by atoms with Crippen LogP contribution in [0.15, 0.2) is 12.1 Å². The molecule has 0 aromatic heterocycles. The van der Waals surface area contributed by atoms with Gasteiger partial charge in [-0.1, -0.05) is 75.9 Å². The van der Waals surface area contributed by atoms with Gasteiger partial charge in [0, 0.05) is 21.3 Å². The van der Waals surface area contributed by atoms with Crippen LogP contribution in [0.4, 0.5) is 0 Å². The van der Waals surface area contributed by atoms with Gasteiger partial charge in [0.1, 0.15) is 0 Å². The number of alkyl halides is 4. The molecule has 0 aliphatic heterocycles. The van der Waals surface area contributed by atoms with Gasteiger partial charge in [-0.15, -0.1) is 0 Å². The molecule has 0 saturated heterocycles. The Balaban J connectivity index is 3.20. The van der Waals surface area contributed by atoms with Gasteiger partial charge in [-0.3, -0.25) is 0 Å². The largest absolute Gasteiger partial charge is 0.0876 e. The van der Waals surface area contributed by atoms with Crippen LogP contribution in [0.1, 0.15) is 22.3 Å². The van der Waals surface area contributed by atoms with Gasteiger partial charge < -0.3 is 0 Å². The number of rotatable bonds is 4. The Hall–Kier alpha value is 1.14. The highest BCUT2D eigenvalue weighted by Crippen LogP contribution is 2.24. The Morgan fingerprint density at radius 2 is 0.786 bits per heavy atom. The molecule has 0 radical (unpaired) electrons. The summed E-state index contributed by atoms with van der Waals surface area (Å²) in [4.78, 5) is 0. The maximum Gasteiger partial charge on any atom is 0.0286 e. The van der Waals surface area contributed by atoms with E-state index in [1.54, 1.807) is 0 Å². The monoisotopic (exact) mass is 446 g/mol. The molecule has 0 atom stereocenters. The van der Waals surface area contributed by atoms with Gasteiger partial charge in [0.25, 0.3) is 0 Å². The van der Waals surface area contributed by atoms with Crippen molar-refractivity contribution in [1.82, 2.24) is 0 Å². The van der Waals surface area contributed by atoms with Gasteiger partial charge in [-0.05, 0) is 22.3 Å². The summed E-state index contributed by atoms with van der Waals surface area (Å²) in [5.41, 5.74) is 5.45. The van der Waals surface area contributed by atoms with Crippen LogP contribution in [0.5, 0.6) is 0 Å². The lowest BCUT2D eigenvalue weighted by Crippen LogP contribution is -1.96. The van der Waals surface area contributed by atoms with Gasteiger partial charge in [-0.2, -0.15) is 0 Å². The zero-order valence-corrected chi connectivity index (χ0v) is 13.8. The minimum absolute atomic E-state index is 0.913. The SMILES string of the molecule is BrCc1cc(CBr)c(CBr)cc1CBr. The van der Waals surface area contributed by atoms with Crippen LogP contribution in [0, 0.1) is 0 Å². The Bertz CT molecular complexity index is 251. The summed E-state index contributed by atoms with van der Waals surface area (Å²) in [6.45, 7) is 0. The Morgan fingerprint density at radius 1 is 0.571 bits per heavy atom. The fourth-order valence-corrected chi connectivity index (χ4v) is 3.38. The molecule has 1 aromatic rings. The summed E-state index contributed by atoms with van der Waals surface area (Å²) >= 11 is 14.0. The molecule has 0 N–H and O–H groups in total. The molecule has 0 fully saturated rings. The van der Waals surface area contributed by atoms with E-state index in [0.717, 1.165) is 21.3 Å². The highest BCUT2D eigenvalue weighted by Gasteiger charge is 2.06. The average molecular weight is 450 g/mol. The molecule has 1 rings (SSSR count). The second kappa shape index (κ2) is 6.66. The first-order chi connectivity index (χ1) is 6.76. The smallest absolute Gasteiger partial charge is 0.0286 e. The zero-order chi connectivity index (χ0) is 10.6. The molecule has 0 spiro atoms. The molecule has 4 heteroatoms. The number of hydrogen-bond donors (Lipinski definition) is 0. The third-order valence-electron chi connectivity index (χ3n) is 2.10. The predicted molar refractivity (Wildman–Crippen MR) is 77.0 cm³/mol. The van der Waals surface area contributed by atoms with Crippen molar-refractivity contribution in [3.63, 3.8) is 0 Å². The van der Waals surface area contributed by atoms with E-state index < -0.39 is 0 Å². The quantitative estimate of drug-likeness (QED) is 0.550. The first-order valence-corrected chi connectivity index (χ1v) is 8.62. The predicted octanol–water partition coefficient (Wildman–Crippen LogP) is 5.27. The minimum atomic E-state index is 0.913. The maximum absolute atomic E-state index is 3.51. The Kier molecular flexibility index (Phi) is 6.29. The van der Waals surface area contributed by atoms with Crippen molar-refractivity contribution in [3.05, 3.63) is 34.4 Å². The lowest BCUT2D eigenvalue weighted by Gasteiger charge is -2.11. The van der Waals surface area contributed by atoms with Crippen molar-refractivity contribution >= 4 is 63.7 Å². The van der Waals surface area contributed by atoms with Crippen LogP contribution in [0.25, 0.3) is 0 Å². The van der Waals surface area contributed by atoms with Crippen molar-refractivity contribution < 1.29 is 0 Å². The summed E-state index contributed by atoms with van der Waals surface area (Å²) in [5.74, 6) is 0. The van der Waals surface area contributed by atoms with Crippen molar-refractivity contribution in [2.75, 3.05) is 0 Å². The van der Waals surface area contributed by atoms with Crippen molar-refractivity contribution in [3.8, 4) is 0 Å². The third kappa shape index (κ3) is 3.06. The van der Waals surface area contributed by atoms with E-state index in [2.05, 4.69) is 75.9 Å². The van der Waals surface area contributed by atoms with E-state index in [1.807, 2.05) is 0 Å². The topological polar surface area (TPSA) is 0 Å². The molecule has 0 saturated carbocycles. The number of hydrogen-bond acceptors (Lipinski definition) is 0. The first-order valence-electron chi connectivity index (χ1n) is 4.14. The Labute approximate surface area is 118 Å². The lowest BCUT2D eigenvalue weighted by molar-refractivity contribution is 1.21. The molecule has 14 heavy (non-hydrogen) atoms. The third-order valence-corrected chi connectivity index (χ3v) is 4.51. The number of benzene rings is 1.